The van der Waals surface area contributed by atoms with Gasteiger partial charge < -0.3 is 28.4 Å². The van der Waals surface area contributed by atoms with Crippen LogP contribution in [0.3, 0.4) is 0 Å². The van der Waals surface area contributed by atoms with E-state index in [1.807, 2.05) is 0 Å². The highest BCUT2D eigenvalue weighted by molar-refractivity contribution is 7.00. The van der Waals surface area contributed by atoms with Crippen LogP contribution in [-0.2, 0) is 37.9 Å². The van der Waals surface area contributed by atoms with Gasteiger partial charge >= 0.3 is 0 Å². The zero-order valence-electron chi connectivity index (χ0n) is 69.8. The van der Waals surface area contributed by atoms with Crippen molar-refractivity contribution in [3.05, 3.63) is 282 Å². The first-order valence-corrected chi connectivity index (χ1v) is 40.8. The number of para-hydroxylation sites is 6. The Morgan fingerprint density at radius 1 is 0.239 bits per heavy atom. The molecule has 15 aromatic rings. The molecule has 0 atom stereocenters. The number of benzene rings is 13. The predicted molar refractivity (Wildman–Crippen MR) is 482 cm³/mol. The monoisotopic (exact) mass is 1470 g/mol. The molecule has 0 fully saturated rings. The molecule has 13 aromatic carbocycles. The maximum atomic E-state index is 7.68. The lowest BCUT2D eigenvalue weighted by atomic mass is 9.33. The number of hydrogen-bond donors (Lipinski definition) is 0. The van der Waals surface area contributed by atoms with Crippen molar-refractivity contribution in [3.63, 3.8) is 0 Å². The molecule has 2 aromatic heterocycles. The molecule has 0 amide bonds. The fraction of sp³-hybridized carbons (Fsp3) is 0.264. The Morgan fingerprint density at radius 2 is 0.522 bits per heavy atom. The Bertz CT molecular complexity index is 6030. The molecule has 0 saturated carbocycles. The minimum Gasteiger partial charge on any atom is -0.456 e. The molecule has 0 saturated heterocycles. The van der Waals surface area contributed by atoms with E-state index in [1.54, 1.807) is 0 Å². The predicted octanol–water partition coefficient (Wildman–Crippen LogP) is 27.9. The SMILES string of the molecule is CC(C)(C)c1cc2c3c(c1)N1c4c(cc(-n5c6ccc(C(C)(C)C)cc6c6cc(C(C)(C)C)ccc65)cc4-c4ccccc4Oc4ccccc4-c4cccc(C(C)(C)C)c41)B3c1cc(-n3c4ccc(C(C)(C)C)cc4c4cc(C(C)(C)C)ccc43)cc3c1N2c1c(cccc1C(C)(C)C)-c1ccccc1Oc1ccccc1-3. The first-order chi connectivity index (χ1) is 53.5. The molecule has 0 aliphatic carbocycles. The number of nitrogens with zero attached hydrogens (tertiary/aromatic N) is 4. The third-order valence-electron chi connectivity index (χ3n) is 24.9. The van der Waals surface area contributed by atoms with Crippen molar-refractivity contribution in [1.82, 2.24) is 9.13 Å². The van der Waals surface area contributed by atoms with E-state index in [0.29, 0.717) is 0 Å². The summed E-state index contributed by atoms with van der Waals surface area (Å²) in [7, 11) is 0. The van der Waals surface area contributed by atoms with Gasteiger partial charge in [-0.05, 0) is 202 Å². The summed E-state index contributed by atoms with van der Waals surface area (Å²) < 4.78 is 20.6. The molecule has 6 nitrogen and oxygen atoms in total. The molecule has 113 heavy (non-hydrogen) atoms. The third kappa shape index (κ3) is 11.3. The van der Waals surface area contributed by atoms with Crippen molar-refractivity contribution < 1.29 is 9.47 Å². The van der Waals surface area contributed by atoms with Gasteiger partial charge in [0.1, 0.15) is 23.0 Å². The number of fused-ring (bicyclic) bond motifs is 22. The Hall–Kier alpha value is -11.3. The van der Waals surface area contributed by atoms with Gasteiger partial charge in [-0.1, -0.05) is 279 Å². The number of anilines is 6. The van der Waals surface area contributed by atoms with Crippen LogP contribution in [0.2, 0.25) is 0 Å². The second-order valence-electron chi connectivity index (χ2n) is 39.8. The lowest BCUT2D eigenvalue weighted by Gasteiger charge is -2.48. The smallest absolute Gasteiger partial charge is 0.252 e. The van der Waals surface area contributed by atoms with Crippen LogP contribution in [-0.4, -0.2) is 15.8 Å². The molecule has 0 N–H and O–H groups in total. The van der Waals surface area contributed by atoms with Crippen molar-refractivity contribution in [2.45, 2.75) is 183 Å². The van der Waals surface area contributed by atoms with Gasteiger partial charge in [-0.2, -0.15) is 0 Å². The largest absolute Gasteiger partial charge is 0.456 e. The summed E-state index contributed by atoms with van der Waals surface area (Å²) in [5.41, 5.74) is 32.9. The maximum absolute atomic E-state index is 7.68. The molecule has 7 heteroatoms. The van der Waals surface area contributed by atoms with Gasteiger partial charge in [-0.3, -0.25) is 0 Å². The van der Waals surface area contributed by atoms with Crippen LogP contribution in [0.5, 0.6) is 23.0 Å². The molecule has 19 rings (SSSR count). The van der Waals surface area contributed by atoms with Gasteiger partial charge in [-0.25, -0.2) is 0 Å². The molecule has 0 radical (unpaired) electrons. The minimum atomic E-state index is -0.438. The van der Waals surface area contributed by atoms with E-state index in [1.165, 1.54) is 76.9 Å². The number of rotatable bonds is 2. The number of aromatic nitrogens is 2. The van der Waals surface area contributed by atoms with Crippen molar-refractivity contribution >= 4 is 101 Å². The summed E-state index contributed by atoms with van der Waals surface area (Å²) in [5.74, 6) is 3.16. The molecular weight excluding hydrogens is 1370 g/mol. The van der Waals surface area contributed by atoms with Gasteiger partial charge in [0, 0.05) is 100 Å². The first kappa shape index (κ1) is 72.0. The van der Waals surface area contributed by atoms with Crippen molar-refractivity contribution in [2.75, 3.05) is 9.80 Å². The molecule has 4 aliphatic heterocycles. The van der Waals surface area contributed by atoms with Crippen LogP contribution in [0.25, 0.3) is 99.5 Å². The molecule has 562 valence electrons. The second-order valence-corrected chi connectivity index (χ2v) is 39.8. The first-order valence-electron chi connectivity index (χ1n) is 40.8. The summed E-state index contributed by atoms with van der Waals surface area (Å²) in [5, 5.41) is 4.95. The van der Waals surface area contributed by atoms with Crippen LogP contribution < -0.4 is 35.7 Å². The highest BCUT2D eigenvalue weighted by Crippen LogP contribution is 2.60. The fourth-order valence-electron chi connectivity index (χ4n) is 18.8. The highest BCUT2D eigenvalue weighted by atomic mass is 16.5. The summed E-state index contributed by atoms with van der Waals surface area (Å²) >= 11 is 0. The summed E-state index contributed by atoms with van der Waals surface area (Å²) in [4.78, 5) is 5.56. The van der Waals surface area contributed by atoms with Crippen molar-refractivity contribution in [1.29, 1.82) is 0 Å². The quantitative estimate of drug-likeness (QED) is 0.162. The molecule has 0 unspecified atom stereocenters. The molecule has 4 aliphatic rings. The topological polar surface area (TPSA) is 34.8 Å². The van der Waals surface area contributed by atoms with E-state index in [2.05, 4.69) is 407 Å². The van der Waals surface area contributed by atoms with Gasteiger partial charge in [0.2, 0.25) is 0 Å². The van der Waals surface area contributed by atoms with Gasteiger partial charge in [0.05, 0.1) is 33.4 Å². The van der Waals surface area contributed by atoms with Gasteiger partial charge in [0.25, 0.3) is 6.71 Å². The lowest BCUT2D eigenvalue weighted by molar-refractivity contribution is 0.486. The van der Waals surface area contributed by atoms with E-state index in [4.69, 9.17) is 9.47 Å². The highest BCUT2D eigenvalue weighted by Gasteiger charge is 2.50. The van der Waals surface area contributed by atoms with E-state index in [0.717, 1.165) is 135 Å². The molecule has 6 heterocycles. The zero-order chi connectivity index (χ0) is 79.0. The second kappa shape index (κ2) is 24.6. The van der Waals surface area contributed by atoms with Crippen LogP contribution in [0.1, 0.15) is 184 Å². The molecular formula is C106H103BN4O2. The lowest BCUT2D eigenvalue weighted by Crippen LogP contribution is -2.62. The number of ether oxygens (including phenoxy) is 2. The van der Waals surface area contributed by atoms with Gasteiger partial charge in [0.15, 0.2) is 0 Å². The minimum absolute atomic E-state index is 0.104. The fourth-order valence-corrected chi connectivity index (χ4v) is 18.8. The maximum Gasteiger partial charge on any atom is 0.252 e. The average molecular weight is 1480 g/mol. The molecule has 0 spiro atoms. The molecule has 0 bridgehead atoms. The average Bonchev–Trinajstić information content (AvgIpc) is 1.28. The third-order valence-corrected chi connectivity index (χ3v) is 24.9. The Balaban J connectivity index is 1.08. The van der Waals surface area contributed by atoms with E-state index in [9.17, 15) is 0 Å². The Morgan fingerprint density at radius 3 is 0.814 bits per heavy atom. The van der Waals surface area contributed by atoms with Crippen LogP contribution in [0, 0.1) is 0 Å². The zero-order valence-corrected chi connectivity index (χ0v) is 69.8. The van der Waals surface area contributed by atoms with Crippen LogP contribution in [0.15, 0.2) is 243 Å². The summed E-state index contributed by atoms with van der Waals surface area (Å²) in [6, 6.07) is 94.1. The van der Waals surface area contributed by atoms with Gasteiger partial charge in [-0.15, -0.1) is 0 Å². The Labute approximate surface area is 668 Å². The van der Waals surface area contributed by atoms with E-state index < -0.39 is 6.71 Å². The Kier molecular flexibility index (Phi) is 15.7. The van der Waals surface area contributed by atoms with E-state index >= 15 is 0 Å². The van der Waals surface area contributed by atoms with Crippen LogP contribution >= 0.6 is 0 Å². The van der Waals surface area contributed by atoms with Crippen LogP contribution in [0.4, 0.5) is 34.1 Å². The summed E-state index contributed by atoms with van der Waals surface area (Å²) in [6.07, 6.45) is 0. The normalized spacial score (nSPS) is 14.0. The van der Waals surface area contributed by atoms with Crippen molar-refractivity contribution in [3.8, 4) is 78.9 Å². The van der Waals surface area contributed by atoms with Crippen molar-refractivity contribution in [2.24, 2.45) is 0 Å². The number of hydrogen-bond acceptors (Lipinski definition) is 4. The van der Waals surface area contributed by atoms with E-state index in [-0.39, 0.29) is 37.9 Å². The standard InChI is InChI=1S/C106H103BN4O2/c1-100(2,3)62-44-48-85-75(52-62)76-53-63(101(4,5)6)45-49-86(76)108(85)67-58-79-71-34-24-28-42-93(71)112-91-40-26-22-32-69(91)73-36-30-38-81(105(16,17)18)96(73)110-89-56-66(104(13,14)15)57-90-95(89)107(83(60-67)98(79)110)84-61-68(109-87-50-46-64(102(7,8)9)54-77(87)78-55-65(103(10,11)12)47-51-88(78)109)59-80-72-35-25-29-43-94(72)113-92-41-27-23-33-70(92)74-37-31-39-82(106(19,20)21)97(74)111(90)99(80)84/h22-61H,1-21H3. The summed E-state index contributed by atoms with van der Waals surface area (Å²) in [6.45, 7) is 49.3.